The summed E-state index contributed by atoms with van der Waals surface area (Å²) >= 11 is 6.84. The number of quaternary nitrogens is 1. The fourth-order valence-electron chi connectivity index (χ4n) is 2.40. The van der Waals surface area contributed by atoms with Crippen molar-refractivity contribution in [1.29, 1.82) is 0 Å². The Bertz CT molecular complexity index is 590. The Balaban J connectivity index is 1.82. The first kappa shape index (κ1) is 18.8. The van der Waals surface area contributed by atoms with Gasteiger partial charge in [-0.1, -0.05) is 24.0 Å². The van der Waals surface area contributed by atoms with Crippen LogP contribution in [0.4, 0.5) is 5.69 Å². The zero-order valence-corrected chi connectivity index (χ0v) is 15.9. The summed E-state index contributed by atoms with van der Waals surface area (Å²) in [5.41, 5.74) is 0.673. The predicted molar refractivity (Wildman–Crippen MR) is 101 cm³/mol. The number of carbonyl (C=O) groups is 1. The lowest BCUT2D eigenvalue weighted by Crippen LogP contribution is -3.12. The van der Waals surface area contributed by atoms with Gasteiger partial charge in [-0.2, -0.15) is 0 Å². The van der Waals surface area contributed by atoms with E-state index in [9.17, 15) is 4.79 Å². The third-order valence-corrected chi connectivity index (χ3v) is 5.39. The van der Waals surface area contributed by atoms with Crippen LogP contribution in [0.5, 0.6) is 11.5 Å². The third-order valence-electron chi connectivity index (χ3n) is 3.87. The van der Waals surface area contributed by atoms with Crippen molar-refractivity contribution in [2.24, 2.45) is 0 Å². The van der Waals surface area contributed by atoms with Gasteiger partial charge in [0.15, 0.2) is 11.5 Å². The molecule has 2 rings (SSSR count). The van der Waals surface area contributed by atoms with Gasteiger partial charge in [0.25, 0.3) is 0 Å². The van der Waals surface area contributed by atoms with E-state index in [1.54, 1.807) is 32.4 Å². The number of methoxy groups -OCH3 is 2. The highest BCUT2D eigenvalue weighted by atomic mass is 32.2. The summed E-state index contributed by atoms with van der Waals surface area (Å²) in [5.74, 6) is 1.42. The summed E-state index contributed by atoms with van der Waals surface area (Å²) in [4.78, 5) is 15.8. The monoisotopic (exact) mass is 370 g/mol. The van der Waals surface area contributed by atoms with Gasteiger partial charge in [0.1, 0.15) is 4.32 Å². The van der Waals surface area contributed by atoms with Crippen LogP contribution in [0.2, 0.25) is 0 Å². The minimum Gasteiger partial charge on any atom is -0.493 e. The van der Waals surface area contributed by atoms with Gasteiger partial charge in [-0.15, -0.1) is 0 Å². The van der Waals surface area contributed by atoms with Crippen molar-refractivity contribution < 1.29 is 19.2 Å². The van der Waals surface area contributed by atoms with Gasteiger partial charge in [0, 0.05) is 11.8 Å². The molecule has 1 aliphatic rings. The lowest BCUT2D eigenvalue weighted by atomic mass is 10.2. The molecule has 0 unspecified atom stereocenters. The largest absolute Gasteiger partial charge is 0.493 e. The molecular weight excluding hydrogens is 346 g/mol. The van der Waals surface area contributed by atoms with Crippen molar-refractivity contribution in [2.75, 3.05) is 58.5 Å². The molecule has 0 aromatic heterocycles. The van der Waals surface area contributed by atoms with Gasteiger partial charge < -0.3 is 24.6 Å². The zero-order chi connectivity index (χ0) is 17.5. The summed E-state index contributed by atoms with van der Waals surface area (Å²) in [6.45, 7) is 4.07. The number of likely N-dealkylation sites (N-methyl/N-ethyl adjacent to an activating group) is 1. The second-order valence-electron chi connectivity index (χ2n) is 5.62. The van der Waals surface area contributed by atoms with Crippen molar-refractivity contribution in [3.63, 3.8) is 0 Å². The molecule has 1 aromatic rings. The number of thiocarbonyl (C=S) groups is 1. The van der Waals surface area contributed by atoms with E-state index in [1.165, 1.54) is 16.7 Å². The molecule has 1 aliphatic heterocycles. The number of hydrogen-bond acceptors (Lipinski definition) is 5. The van der Waals surface area contributed by atoms with Gasteiger partial charge in [0.05, 0.1) is 53.2 Å². The molecule has 24 heavy (non-hydrogen) atoms. The van der Waals surface area contributed by atoms with Crippen molar-refractivity contribution >= 4 is 39.9 Å². The fraction of sp³-hybridized carbons (Fsp3) is 0.500. The van der Waals surface area contributed by atoms with Gasteiger partial charge in [0.2, 0.25) is 5.91 Å². The molecule has 0 bridgehead atoms. The Kier molecular flexibility index (Phi) is 7.14. The minimum absolute atomic E-state index is 0.0886. The number of piperazine rings is 1. The van der Waals surface area contributed by atoms with Gasteiger partial charge in [-0.25, -0.2) is 0 Å². The number of nitrogens with zero attached hydrogens (tertiary/aromatic N) is 1. The number of nitrogens with one attached hydrogen (secondary N) is 2. The van der Waals surface area contributed by atoms with E-state index in [2.05, 4.69) is 17.3 Å². The molecule has 0 aliphatic carbocycles. The quantitative estimate of drug-likeness (QED) is 0.736. The number of benzene rings is 1. The normalized spacial score (nSPS) is 15.0. The van der Waals surface area contributed by atoms with Gasteiger partial charge in [-0.05, 0) is 12.1 Å². The first-order valence-electron chi connectivity index (χ1n) is 7.78. The van der Waals surface area contributed by atoms with Crippen molar-refractivity contribution in [1.82, 2.24) is 4.90 Å². The number of anilines is 1. The first-order chi connectivity index (χ1) is 11.5. The number of amides is 1. The summed E-state index contributed by atoms with van der Waals surface area (Å²) in [7, 11) is 5.33. The van der Waals surface area contributed by atoms with E-state index >= 15 is 0 Å². The number of rotatable bonds is 5. The average Bonchev–Trinajstić information content (AvgIpc) is 2.60. The van der Waals surface area contributed by atoms with Crippen LogP contribution >= 0.6 is 24.0 Å². The standard InChI is InChI=1S/C16H23N3O3S2/c1-18-6-8-19(9-7-18)16(23)24-11-15(20)17-12-4-5-13(21-2)14(10-12)22-3/h4-5,10H,6-9,11H2,1-3H3,(H,17,20)/p+1. The lowest BCUT2D eigenvalue weighted by Gasteiger charge is -2.31. The first-order valence-corrected chi connectivity index (χ1v) is 9.17. The molecule has 1 heterocycles. The Morgan fingerprint density at radius 3 is 2.58 bits per heavy atom. The Hall–Kier alpha value is -1.51. The van der Waals surface area contributed by atoms with Crippen LogP contribution in [0.1, 0.15) is 0 Å². The van der Waals surface area contributed by atoms with Crippen LogP contribution < -0.4 is 19.7 Å². The maximum atomic E-state index is 12.1. The second-order valence-corrected chi connectivity index (χ2v) is 7.23. The Labute approximate surface area is 152 Å². The van der Waals surface area contributed by atoms with E-state index in [1.807, 2.05) is 0 Å². The summed E-state index contributed by atoms with van der Waals surface area (Å²) in [6, 6.07) is 5.28. The molecule has 8 heteroatoms. The zero-order valence-electron chi connectivity index (χ0n) is 14.3. The fourth-order valence-corrected chi connectivity index (χ4v) is 3.45. The molecule has 132 valence electrons. The Morgan fingerprint density at radius 1 is 1.29 bits per heavy atom. The van der Waals surface area contributed by atoms with Crippen LogP contribution in [0.15, 0.2) is 18.2 Å². The van der Waals surface area contributed by atoms with E-state index < -0.39 is 0 Å². The predicted octanol–water partition coefficient (Wildman–Crippen LogP) is 0.491. The van der Waals surface area contributed by atoms with Gasteiger partial charge in [-0.3, -0.25) is 4.79 Å². The molecule has 1 saturated heterocycles. The number of hydrogen-bond donors (Lipinski definition) is 2. The van der Waals surface area contributed by atoms with Crippen molar-refractivity contribution in [3.8, 4) is 11.5 Å². The van der Waals surface area contributed by atoms with E-state index in [0.717, 1.165) is 30.5 Å². The highest BCUT2D eigenvalue weighted by Gasteiger charge is 2.19. The molecule has 0 radical (unpaired) electrons. The van der Waals surface area contributed by atoms with E-state index in [4.69, 9.17) is 21.7 Å². The summed E-state index contributed by atoms with van der Waals surface area (Å²) in [6.07, 6.45) is 0. The molecule has 1 fully saturated rings. The van der Waals surface area contributed by atoms with Crippen LogP contribution in [0, 0.1) is 0 Å². The highest BCUT2D eigenvalue weighted by Crippen LogP contribution is 2.29. The average molecular weight is 371 g/mol. The Morgan fingerprint density at radius 2 is 1.96 bits per heavy atom. The second kappa shape index (κ2) is 9.10. The third kappa shape index (κ3) is 5.25. The maximum absolute atomic E-state index is 12.1. The molecular formula is C16H24N3O3S2+. The number of carbonyl (C=O) groups excluding carboxylic acids is 1. The highest BCUT2D eigenvalue weighted by molar-refractivity contribution is 8.23. The molecule has 0 atom stereocenters. The molecule has 0 saturated carbocycles. The molecule has 0 spiro atoms. The van der Waals surface area contributed by atoms with Crippen LogP contribution in [0.3, 0.4) is 0 Å². The van der Waals surface area contributed by atoms with Crippen LogP contribution in [0.25, 0.3) is 0 Å². The maximum Gasteiger partial charge on any atom is 0.234 e. The van der Waals surface area contributed by atoms with Crippen LogP contribution in [-0.4, -0.2) is 68.3 Å². The molecule has 1 amide bonds. The van der Waals surface area contributed by atoms with Crippen molar-refractivity contribution in [2.45, 2.75) is 0 Å². The molecule has 6 nitrogen and oxygen atoms in total. The number of thioether (sulfide) groups is 1. The minimum atomic E-state index is -0.0886. The van der Waals surface area contributed by atoms with Gasteiger partial charge >= 0.3 is 0 Å². The molecule has 2 N–H and O–H groups in total. The van der Waals surface area contributed by atoms with Crippen LogP contribution in [-0.2, 0) is 4.79 Å². The topological polar surface area (TPSA) is 55.2 Å². The van der Waals surface area contributed by atoms with Crippen molar-refractivity contribution in [3.05, 3.63) is 18.2 Å². The lowest BCUT2D eigenvalue weighted by molar-refractivity contribution is -0.883. The smallest absolute Gasteiger partial charge is 0.234 e. The SMILES string of the molecule is COc1ccc(NC(=O)CSC(=S)N2CC[NH+](C)CC2)cc1OC. The molecule has 1 aromatic carbocycles. The van der Waals surface area contributed by atoms with E-state index in [0.29, 0.717) is 22.9 Å². The number of ether oxygens (including phenoxy) is 2. The summed E-state index contributed by atoms with van der Waals surface area (Å²) in [5, 5.41) is 2.86. The van der Waals surface area contributed by atoms with E-state index in [-0.39, 0.29) is 5.91 Å². The summed E-state index contributed by atoms with van der Waals surface area (Å²) < 4.78 is 11.2.